The highest BCUT2D eigenvalue weighted by atomic mass is 32.1. The summed E-state index contributed by atoms with van der Waals surface area (Å²) in [4.78, 5) is 17.1. The van der Waals surface area contributed by atoms with Gasteiger partial charge in [-0.05, 0) is 25.7 Å². The van der Waals surface area contributed by atoms with E-state index in [1.165, 1.54) is 0 Å². The Balaban J connectivity index is 1.68. The number of ether oxygens (including phenoxy) is 1. The Kier molecular flexibility index (Phi) is 5.86. The minimum Gasteiger partial charge on any atom is -0.371 e. The van der Waals surface area contributed by atoms with Gasteiger partial charge in [0.05, 0.1) is 17.2 Å². The summed E-state index contributed by atoms with van der Waals surface area (Å²) in [5, 5.41) is 10.3. The summed E-state index contributed by atoms with van der Waals surface area (Å²) >= 11 is 1.56. The highest BCUT2D eigenvalue weighted by molar-refractivity contribution is 7.09. The molecule has 3 heterocycles. The highest BCUT2D eigenvalue weighted by Gasteiger charge is 2.30. The number of nitrogens with one attached hydrogen (secondary N) is 1. The molecule has 25 heavy (non-hydrogen) atoms. The van der Waals surface area contributed by atoms with Crippen LogP contribution < -0.4 is 5.32 Å². The fourth-order valence-electron chi connectivity index (χ4n) is 3.06. The van der Waals surface area contributed by atoms with Gasteiger partial charge in [0.1, 0.15) is 11.8 Å². The number of thiazole rings is 1. The number of amides is 1. The number of hydrogen-bond acceptors (Lipinski definition) is 5. The number of carbonyl (C=O) groups excluding carboxylic acids is 1. The first-order valence-electron chi connectivity index (χ1n) is 8.96. The lowest BCUT2D eigenvalue weighted by Crippen LogP contribution is -2.42. The summed E-state index contributed by atoms with van der Waals surface area (Å²) in [5.74, 6) is 0.419. The quantitative estimate of drug-likeness (QED) is 0.857. The van der Waals surface area contributed by atoms with Crippen molar-refractivity contribution in [2.45, 2.75) is 58.7 Å². The lowest BCUT2D eigenvalue weighted by atomic mass is 9.98. The number of nitrogens with zero attached hydrogens (tertiary/aromatic N) is 3. The summed E-state index contributed by atoms with van der Waals surface area (Å²) in [6, 6.07) is -0.0500. The van der Waals surface area contributed by atoms with Gasteiger partial charge < -0.3 is 10.1 Å². The summed E-state index contributed by atoms with van der Waals surface area (Å²) in [6.07, 6.45) is 6.44. The average molecular weight is 362 g/mol. The van der Waals surface area contributed by atoms with Crippen LogP contribution in [-0.4, -0.2) is 33.3 Å². The summed E-state index contributed by atoms with van der Waals surface area (Å²) in [6.45, 7) is 7.89. The molecule has 7 heteroatoms. The Morgan fingerprint density at radius 1 is 1.52 bits per heavy atom. The Bertz CT molecular complexity index is 710. The molecule has 1 N–H and O–H groups in total. The van der Waals surface area contributed by atoms with Crippen LogP contribution in [0.2, 0.25) is 0 Å². The van der Waals surface area contributed by atoms with E-state index < -0.39 is 0 Å². The normalized spacial score (nSPS) is 20.8. The second-order valence-corrected chi connectivity index (χ2v) is 7.81. The SMILES string of the molecule is CCn1cc([C@H]2OCCC[C@@H]2NC(=O)c2csc(CC(C)C)n2)cn1. The maximum absolute atomic E-state index is 12.6. The molecule has 6 nitrogen and oxygen atoms in total. The van der Waals surface area contributed by atoms with Crippen LogP contribution in [0.4, 0.5) is 0 Å². The second kappa shape index (κ2) is 8.10. The summed E-state index contributed by atoms with van der Waals surface area (Å²) < 4.78 is 7.82. The molecule has 136 valence electrons. The molecule has 0 radical (unpaired) electrons. The van der Waals surface area contributed by atoms with Gasteiger partial charge in [-0.2, -0.15) is 5.10 Å². The minimum atomic E-state index is -0.147. The zero-order valence-corrected chi connectivity index (χ0v) is 15.9. The molecule has 2 aromatic rings. The molecule has 0 spiro atoms. The zero-order chi connectivity index (χ0) is 17.8. The number of rotatable bonds is 6. The Morgan fingerprint density at radius 3 is 3.08 bits per heavy atom. The van der Waals surface area contributed by atoms with Gasteiger partial charge >= 0.3 is 0 Å². The monoisotopic (exact) mass is 362 g/mol. The van der Waals surface area contributed by atoms with E-state index in [9.17, 15) is 4.79 Å². The van der Waals surface area contributed by atoms with Crippen LogP contribution in [0.25, 0.3) is 0 Å². The van der Waals surface area contributed by atoms with Crippen molar-refractivity contribution in [3.05, 3.63) is 34.0 Å². The third-order valence-electron chi connectivity index (χ3n) is 4.31. The first-order chi connectivity index (χ1) is 12.1. The molecular formula is C18H26N4O2S. The maximum atomic E-state index is 12.6. The third-order valence-corrected chi connectivity index (χ3v) is 5.18. The molecule has 1 aliphatic rings. The van der Waals surface area contributed by atoms with Crippen molar-refractivity contribution in [3.63, 3.8) is 0 Å². The van der Waals surface area contributed by atoms with Crippen LogP contribution in [0.15, 0.2) is 17.8 Å². The summed E-state index contributed by atoms with van der Waals surface area (Å²) in [5.41, 5.74) is 1.53. The number of carbonyl (C=O) groups is 1. The Morgan fingerprint density at radius 2 is 2.36 bits per heavy atom. The van der Waals surface area contributed by atoms with Crippen molar-refractivity contribution >= 4 is 17.2 Å². The van der Waals surface area contributed by atoms with Gasteiger partial charge in [0.2, 0.25) is 0 Å². The molecule has 0 unspecified atom stereocenters. The molecule has 2 atom stereocenters. The van der Waals surface area contributed by atoms with E-state index in [0.29, 0.717) is 18.2 Å². The van der Waals surface area contributed by atoms with Crippen molar-refractivity contribution in [1.29, 1.82) is 0 Å². The lowest BCUT2D eigenvalue weighted by Gasteiger charge is -2.31. The predicted molar refractivity (Wildman–Crippen MR) is 97.7 cm³/mol. The van der Waals surface area contributed by atoms with E-state index in [1.54, 1.807) is 11.3 Å². The van der Waals surface area contributed by atoms with Gasteiger partial charge in [0.25, 0.3) is 5.91 Å². The van der Waals surface area contributed by atoms with Gasteiger partial charge in [-0.3, -0.25) is 9.48 Å². The lowest BCUT2D eigenvalue weighted by molar-refractivity contribution is -0.00955. The predicted octanol–water partition coefficient (Wildman–Crippen LogP) is 3.21. The van der Waals surface area contributed by atoms with Crippen LogP contribution in [-0.2, 0) is 17.7 Å². The van der Waals surface area contributed by atoms with Crippen LogP contribution >= 0.6 is 11.3 Å². The molecular weight excluding hydrogens is 336 g/mol. The first-order valence-corrected chi connectivity index (χ1v) is 9.84. The topological polar surface area (TPSA) is 69.0 Å². The number of aromatic nitrogens is 3. The highest BCUT2D eigenvalue weighted by Crippen LogP contribution is 2.28. The van der Waals surface area contributed by atoms with Crippen molar-refractivity contribution in [2.24, 2.45) is 5.92 Å². The molecule has 0 bridgehead atoms. The maximum Gasteiger partial charge on any atom is 0.271 e. The third kappa shape index (κ3) is 4.46. The fourth-order valence-corrected chi connectivity index (χ4v) is 4.05. The number of aryl methyl sites for hydroxylation is 1. The molecule has 0 aliphatic carbocycles. The van der Waals surface area contributed by atoms with Gasteiger partial charge in [-0.25, -0.2) is 4.98 Å². The van der Waals surface area contributed by atoms with E-state index in [4.69, 9.17) is 4.74 Å². The zero-order valence-electron chi connectivity index (χ0n) is 15.1. The van der Waals surface area contributed by atoms with E-state index in [-0.39, 0.29) is 18.1 Å². The molecule has 3 rings (SSSR count). The van der Waals surface area contributed by atoms with Crippen LogP contribution in [0.1, 0.15) is 60.8 Å². The molecule has 1 fully saturated rings. The van der Waals surface area contributed by atoms with Crippen molar-refractivity contribution in [1.82, 2.24) is 20.1 Å². The molecule has 2 aromatic heterocycles. The second-order valence-electron chi connectivity index (χ2n) is 6.87. The average Bonchev–Trinajstić information content (AvgIpc) is 3.24. The minimum absolute atomic E-state index is 0.0500. The molecule has 1 aliphatic heterocycles. The van der Waals surface area contributed by atoms with Crippen LogP contribution in [0.3, 0.4) is 0 Å². The van der Waals surface area contributed by atoms with Gasteiger partial charge in [-0.15, -0.1) is 11.3 Å². The molecule has 0 saturated carbocycles. The van der Waals surface area contributed by atoms with E-state index in [0.717, 1.165) is 36.4 Å². The van der Waals surface area contributed by atoms with Gasteiger partial charge in [0.15, 0.2) is 0 Å². The molecule has 1 amide bonds. The van der Waals surface area contributed by atoms with E-state index in [1.807, 2.05) is 22.5 Å². The fraction of sp³-hybridized carbons (Fsp3) is 0.611. The van der Waals surface area contributed by atoms with Crippen molar-refractivity contribution in [2.75, 3.05) is 6.61 Å². The van der Waals surface area contributed by atoms with E-state index >= 15 is 0 Å². The van der Waals surface area contributed by atoms with Gasteiger partial charge in [-0.1, -0.05) is 13.8 Å². The molecule has 0 aromatic carbocycles. The Labute approximate surface area is 152 Å². The van der Waals surface area contributed by atoms with Crippen LogP contribution in [0, 0.1) is 5.92 Å². The molecule has 1 saturated heterocycles. The van der Waals surface area contributed by atoms with E-state index in [2.05, 4.69) is 36.2 Å². The van der Waals surface area contributed by atoms with Crippen molar-refractivity contribution in [3.8, 4) is 0 Å². The number of hydrogen-bond donors (Lipinski definition) is 1. The standard InChI is InChI=1S/C18H26N4O2S/c1-4-22-10-13(9-19-22)17-14(6-5-7-24-17)21-18(23)15-11-25-16(20-15)8-12(2)3/h9-12,14,17H,4-8H2,1-3H3,(H,21,23)/t14-,17+/m0/s1. The summed E-state index contributed by atoms with van der Waals surface area (Å²) in [7, 11) is 0. The largest absolute Gasteiger partial charge is 0.371 e. The smallest absolute Gasteiger partial charge is 0.271 e. The Hall–Kier alpha value is -1.73. The van der Waals surface area contributed by atoms with Crippen molar-refractivity contribution < 1.29 is 9.53 Å². The van der Waals surface area contributed by atoms with Crippen LogP contribution in [0.5, 0.6) is 0 Å². The van der Waals surface area contributed by atoms with Gasteiger partial charge in [0, 0.05) is 36.7 Å². The first kappa shape index (κ1) is 18.1.